The standard InChI is InChI=1S/C13H18N2O6S/c1-3-7-10(13(16)21-4-2)14-22(19,20)12-9-6-5-8-11(12)15(17)18/h5-6,8-10,14H,3-4,7H2,1-2H3. The van der Waals surface area contributed by atoms with Gasteiger partial charge < -0.3 is 4.74 Å². The fourth-order valence-electron chi connectivity index (χ4n) is 1.84. The number of carbonyl (C=O) groups excluding carboxylic acids is 1. The molecule has 0 saturated carbocycles. The van der Waals surface area contributed by atoms with Crippen LogP contribution in [0, 0.1) is 10.1 Å². The number of carbonyl (C=O) groups is 1. The van der Waals surface area contributed by atoms with Crippen LogP contribution in [0.3, 0.4) is 0 Å². The fraction of sp³-hybridized carbons (Fsp3) is 0.462. The lowest BCUT2D eigenvalue weighted by Crippen LogP contribution is -2.41. The topological polar surface area (TPSA) is 116 Å². The van der Waals surface area contributed by atoms with Crippen molar-refractivity contribution >= 4 is 21.7 Å². The molecule has 1 aromatic carbocycles. The molecule has 0 aliphatic carbocycles. The van der Waals surface area contributed by atoms with E-state index in [-0.39, 0.29) is 13.0 Å². The van der Waals surface area contributed by atoms with Crippen LogP contribution >= 0.6 is 0 Å². The van der Waals surface area contributed by atoms with Gasteiger partial charge in [-0.25, -0.2) is 8.42 Å². The number of sulfonamides is 1. The van der Waals surface area contributed by atoms with Gasteiger partial charge in [0.25, 0.3) is 5.69 Å². The van der Waals surface area contributed by atoms with Gasteiger partial charge in [-0.3, -0.25) is 14.9 Å². The molecule has 0 amide bonds. The number of nitro groups is 1. The number of hydrogen-bond acceptors (Lipinski definition) is 6. The Labute approximate surface area is 128 Å². The Balaban J connectivity index is 3.13. The van der Waals surface area contributed by atoms with Crippen molar-refractivity contribution in [3.8, 4) is 0 Å². The molecule has 1 aromatic rings. The molecule has 0 fully saturated rings. The van der Waals surface area contributed by atoms with E-state index in [1.54, 1.807) is 13.8 Å². The number of esters is 1. The van der Waals surface area contributed by atoms with E-state index in [1.807, 2.05) is 0 Å². The molecule has 9 heteroatoms. The first-order valence-electron chi connectivity index (χ1n) is 6.75. The molecule has 0 aromatic heterocycles. The molecule has 0 heterocycles. The first-order chi connectivity index (χ1) is 10.3. The normalized spacial score (nSPS) is 12.6. The van der Waals surface area contributed by atoms with Crippen LogP contribution in [0.25, 0.3) is 0 Å². The second-order valence-electron chi connectivity index (χ2n) is 4.44. The predicted molar refractivity (Wildman–Crippen MR) is 78.7 cm³/mol. The molecule has 122 valence electrons. The van der Waals surface area contributed by atoms with Crippen LogP contribution < -0.4 is 4.72 Å². The summed E-state index contributed by atoms with van der Waals surface area (Å²) < 4.78 is 31.7. The Morgan fingerprint density at radius 1 is 1.36 bits per heavy atom. The molecule has 1 N–H and O–H groups in total. The quantitative estimate of drug-likeness (QED) is 0.440. The summed E-state index contributed by atoms with van der Waals surface area (Å²) in [5.41, 5.74) is -0.547. The van der Waals surface area contributed by atoms with Gasteiger partial charge in [0.2, 0.25) is 10.0 Å². The summed E-state index contributed by atoms with van der Waals surface area (Å²) in [5, 5.41) is 10.9. The van der Waals surface area contributed by atoms with Gasteiger partial charge in [0, 0.05) is 6.07 Å². The highest BCUT2D eigenvalue weighted by Gasteiger charge is 2.30. The van der Waals surface area contributed by atoms with Crippen LogP contribution in [0.2, 0.25) is 0 Å². The number of ether oxygens (including phenoxy) is 1. The molecule has 0 aliphatic rings. The lowest BCUT2D eigenvalue weighted by Gasteiger charge is -2.16. The third kappa shape index (κ3) is 4.50. The Hall–Kier alpha value is -2.00. The van der Waals surface area contributed by atoms with Gasteiger partial charge in [-0.2, -0.15) is 4.72 Å². The zero-order valence-electron chi connectivity index (χ0n) is 12.3. The van der Waals surface area contributed by atoms with Crippen molar-refractivity contribution in [1.82, 2.24) is 4.72 Å². The van der Waals surface area contributed by atoms with Gasteiger partial charge in [0.1, 0.15) is 6.04 Å². The minimum atomic E-state index is -4.21. The summed E-state index contributed by atoms with van der Waals surface area (Å²) >= 11 is 0. The van der Waals surface area contributed by atoms with Gasteiger partial charge in [0.15, 0.2) is 4.90 Å². The summed E-state index contributed by atoms with van der Waals surface area (Å²) in [6.45, 7) is 3.51. The maximum Gasteiger partial charge on any atom is 0.324 e. The summed E-state index contributed by atoms with van der Waals surface area (Å²) in [6.07, 6.45) is 0.779. The number of hydrogen-bond donors (Lipinski definition) is 1. The molecule has 0 bridgehead atoms. The number of para-hydroxylation sites is 1. The second kappa shape index (κ2) is 7.85. The van der Waals surface area contributed by atoms with Crippen LogP contribution in [0.4, 0.5) is 5.69 Å². The van der Waals surface area contributed by atoms with Crippen LogP contribution in [-0.2, 0) is 19.6 Å². The number of nitrogens with zero attached hydrogens (tertiary/aromatic N) is 1. The fourth-order valence-corrected chi connectivity index (χ4v) is 3.23. The third-order valence-corrected chi connectivity index (χ3v) is 4.32. The predicted octanol–water partition coefficient (Wildman–Crippen LogP) is 1.60. The van der Waals surface area contributed by atoms with Gasteiger partial charge >= 0.3 is 5.97 Å². The Bertz CT molecular complexity index is 644. The molecule has 8 nitrogen and oxygen atoms in total. The molecule has 22 heavy (non-hydrogen) atoms. The zero-order valence-corrected chi connectivity index (χ0v) is 13.1. The van der Waals surface area contributed by atoms with E-state index in [2.05, 4.69) is 4.72 Å². The molecule has 1 rings (SSSR count). The highest BCUT2D eigenvalue weighted by atomic mass is 32.2. The minimum absolute atomic E-state index is 0.117. The van der Waals surface area contributed by atoms with Gasteiger partial charge in [0.05, 0.1) is 11.5 Å². The molecule has 0 radical (unpaired) electrons. The summed E-state index contributed by atoms with van der Waals surface area (Å²) in [4.78, 5) is 21.5. The van der Waals surface area contributed by atoms with Crippen LogP contribution in [0.5, 0.6) is 0 Å². The SMILES string of the molecule is CCCC(NS(=O)(=O)c1ccccc1[N+](=O)[O-])C(=O)OCC. The van der Waals surface area contributed by atoms with Crippen molar-refractivity contribution in [3.05, 3.63) is 34.4 Å². The highest BCUT2D eigenvalue weighted by molar-refractivity contribution is 7.89. The lowest BCUT2D eigenvalue weighted by molar-refractivity contribution is -0.387. The summed E-state index contributed by atoms with van der Waals surface area (Å²) in [6, 6.07) is 3.88. The molecular formula is C13H18N2O6S. The van der Waals surface area contributed by atoms with Gasteiger partial charge in [-0.1, -0.05) is 25.5 Å². The highest BCUT2D eigenvalue weighted by Crippen LogP contribution is 2.23. The Morgan fingerprint density at radius 3 is 2.55 bits per heavy atom. The molecular weight excluding hydrogens is 312 g/mol. The summed E-state index contributed by atoms with van der Waals surface area (Å²) in [7, 11) is -4.21. The van der Waals surface area contributed by atoms with Crippen molar-refractivity contribution in [2.45, 2.75) is 37.6 Å². The van der Waals surface area contributed by atoms with Crippen molar-refractivity contribution in [1.29, 1.82) is 0 Å². The van der Waals surface area contributed by atoms with E-state index in [9.17, 15) is 23.3 Å². The van der Waals surface area contributed by atoms with Crippen LogP contribution in [0.1, 0.15) is 26.7 Å². The van der Waals surface area contributed by atoms with Gasteiger partial charge in [-0.05, 0) is 19.4 Å². The van der Waals surface area contributed by atoms with E-state index in [4.69, 9.17) is 4.74 Å². The van der Waals surface area contributed by atoms with Crippen LogP contribution in [0.15, 0.2) is 29.2 Å². The second-order valence-corrected chi connectivity index (χ2v) is 6.12. The molecule has 1 unspecified atom stereocenters. The minimum Gasteiger partial charge on any atom is -0.465 e. The zero-order chi connectivity index (χ0) is 16.8. The van der Waals surface area contributed by atoms with Crippen molar-refractivity contribution in [2.24, 2.45) is 0 Å². The Morgan fingerprint density at radius 2 is 2.00 bits per heavy atom. The first kappa shape index (κ1) is 18.1. The molecule has 0 spiro atoms. The maximum atomic E-state index is 12.3. The van der Waals surface area contributed by atoms with E-state index < -0.39 is 37.5 Å². The average Bonchev–Trinajstić information content (AvgIpc) is 2.47. The monoisotopic (exact) mass is 330 g/mol. The smallest absolute Gasteiger partial charge is 0.324 e. The van der Waals surface area contributed by atoms with E-state index in [0.717, 1.165) is 12.1 Å². The lowest BCUT2D eigenvalue weighted by atomic mass is 10.2. The third-order valence-electron chi connectivity index (χ3n) is 2.80. The van der Waals surface area contributed by atoms with E-state index >= 15 is 0 Å². The van der Waals surface area contributed by atoms with E-state index in [0.29, 0.717) is 6.42 Å². The first-order valence-corrected chi connectivity index (χ1v) is 8.24. The number of rotatable bonds is 8. The van der Waals surface area contributed by atoms with E-state index in [1.165, 1.54) is 12.1 Å². The Kier molecular flexibility index (Phi) is 6.44. The molecule has 1 atom stereocenters. The molecule has 0 saturated heterocycles. The number of nitro benzene ring substituents is 1. The maximum absolute atomic E-state index is 12.3. The van der Waals surface area contributed by atoms with Crippen molar-refractivity contribution in [3.63, 3.8) is 0 Å². The molecule has 0 aliphatic heterocycles. The van der Waals surface area contributed by atoms with Crippen molar-refractivity contribution < 1.29 is 22.9 Å². The van der Waals surface area contributed by atoms with Crippen LogP contribution in [-0.4, -0.2) is 32.0 Å². The van der Waals surface area contributed by atoms with Crippen molar-refractivity contribution in [2.75, 3.05) is 6.61 Å². The average molecular weight is 330 g/mol. The summed E-state index contributed by atoms with van der Waals surface area (Å²) in [5.74, 6) is -0.702. The largest absolute Gasteiger partial charge is 0.465 e. The number of benzene rings is 1. The number of nitrogens with one attached hydrogen (secondary N) is 1. The van der Waals surface area contributed by atoms with Gasteiger partial charge in [-0.15, -0.1) is 0 Å².